The van der Waals surface area contributed by atoms with Crippen molar-refractivity contribution < 1.29 is 9.90 Å². The lowest BCUT2D eigenvalue weighted by Crippen LogP contribution is -1.98. The molecule has 3 nitrogen and oxygen atoms in total. The molecule has 100 valence electrons. The Bertz CT molecular complexity index is 820. The van der Waals surface area contributed by atoms with Crippen molar-refractivity contribution in [3.63, 3.8) is 0 Å². The molecule has 1 aromatic heterocycles. The van der Waals surface area contributed by atoms with E-state index in [4.69, 9.17) is 11.6 Å². The number of aromatic amines is 1. The molecule has 0 saturated carbocycles. The number of carboxylic acid groups (broad SMARTS) is 1. The van der Waals surface area contributed by atoms with Gasteiger partial charge >= 0.3 is 5.97 Å². The zero-order valence-electron chi connectivity index (χ0n) is 10.8. The number of benzene rings is 2. The van der Waals surface area contributed by atoms with Crippen LogP contribution < -0.4 is 0 Å². The summed E-state index contributed by atoms with van der Waals surface area (Å²) in [6, 6.07) is 13.0. The number of carboxylic acids is 1. The molecule has 3 rings (SSSR count). The number of aryl methyl sites for hydroxylation is 1. The second-order valence-corrected chi connectivity index (χ2v) is 5.12. The summed E-state index contributed by atoms with van der Waals surface area (Å²) < 4.78 is 0. The van der Waals surface area contributed by atoms with Gasteiger partial charge < -0.3 is 10.1 Å². The minimum atomic E-state index is -0.976. The molecule has 2 N–H and O–H groups in total. The quantitative estimate of drug-likeness (QED) is 0.728. The van der Waals surface area contributed by atoms with E-state index >= 15 is 0 Å². The highest BCUT2D eigenvalue weighted by molar-refractivity contribution is 6.31. The third-order valence-corrected chi connectivity index (χ3v) is 3.60. The Morgan fingerprint density at radius 1 is 1.20 bits per heavy atom. The van der Waals surface area contributed by atoms with Crippen LogP contribution in [0.25, 0.3) is 22.0 Å². The summed E-state index contributed by atoms with van der Waals surface area (Å²) >= 11 is 6.02. The fourth-order valence-corrected chi connectivity index (χ4v) is 2.66. The van der Waals surface area contributed by atoms with Crippen LogP contribution >= 0.6 is 11.6 Å². The van der Waals surface area contributed by atoms with Gasteiger partial charge in [0.15, 0.2) is 0 Å². The molecule has 0 saturated heterocycles. The summed E-state index contributed by atoms with van der Waals surface area (Å²) in [4.78, 5) is 14.5. The maximum Gasteiger partial charge on any atom is 0.352 e. The van der Waals surface area contributed by atoms with Gasteiger partial charge in [0, 0.05) is 21.5 Å². The second-order valence-electron chi connectivity index (χ2n) is 4.69. The Kier molecular flexibility index (Phi) is 2.99. The van der Waals surface area contributed by atoms with Crippen LogP contribution in [0.5, 0.6) is 0 Å². The summed E-state index contributed by atoms with van der Waals surface area (Å²) in [7, 11) is 0. The maximum atomic E-state index is 11.5. The zero-order chi connectivity index (χ0) is 14.3. The minimum absolute atomic E-state index is 0.191. The van der Waals surface area contributed by atoms with Crippen LogP contribution in [0.1, 0.15) is 16.1 Å². The molecular formula is C16H12ClNO2. The zero-order valence-corrected chi connectivity index (χ0v) is 11.5. The molecule has 2 aromatic carbocycles. The van der Waals surface area contributed by atoms with E-state index in [2.05, 4.69) is 4.98 Å². The molecule has 0 amide bonds. The van der Waals surface area contributed by atoms with E-state index in [1.807, 2.05) is 37.3 Å². The van der Waals surface area contributed by atoms with Crippen molar-refractivity contribution in [1.29, 1.82) is 0 Å². The molecule has 0 fully saturated rings. The molecule has 20 heavy (non-hydrogen) atoms. The maximum absolute atomic E-state index is 11.5. The molecule has 0 unspecified atom stereocenters. The van der Waals surface area contributed by atoms with Crippen LogP contribution in [0.3, 0.4) is 0 Å². The number of H-pyrrole nitrogens is 1. The lowest BCUT2D eigenvalue weighted by Gasteiger charge is -2.03. The van der Waals surface area contributed by atoms with E-state index in [9.17, 15) is 9.90 Å². The van der Waals surface area contributed by atoms with E-state index in [1.54, 1.807) is 12.1 Å². The van der Waals surface area contributed by atoms with Crippen molar-refractivity contribution in [1.82, 2.24) is 4.98 Å². The number of carbonyl (C=O) groups is 1. The molecule has 0 aliphatic carbocycles. The van der Waals surface area contributed by atoms with Gasteiger partial charge in [0.2, 0.25) is 0 Å². The van der Waals surface area contributed by atoms with Gasteiger partial charge in [0.05, 0.1) is 0 Å². The van der Waals surface area contributed by atoms with Crippen molar-refractivity contribution >= 4 is 28.5 Å². The van der Waals surface area contributed by atoms with Gasteiger partial charge in [-0.25, -0.2) is 4.79 Å². The molecule has 1 heterocycles. The minimum Gasteiger partial charge on any atom is -0.477 e. The number of para-hydroxylation sites is 1. The number of fused-ring (bicyclic) bond motifs is 1. The van der Waals surface area contributed by atoms with Gasteiger partial charge in [-0.2, -0.15) is 0 Å². The number of aromatic nitrogens is 1. The second kappa shape index (κ2) is 4.69. The number of halogens is 1. The fraction of sp³-hybridized carbons (Fsp3) is 0.0625. The topological polar surface area (TPSA) is 53.1 Å². The molecule has 0 aliphatic rings. The standard InChI is InChI=1S/C16H12ClNO2/c1-9-4-2-7-12-13(10-5-3-6-11(17)8-10)15(16(19)20)18-14(9)12/h2-8,18H,1H3,(H,19,20). The highest BCUT2D eigenvalue weighted by atomic mass is 35.5. The van der Waals surface area contributed by atoms with Crippen LogP contribution in [0.2, 0.25) is 5.02 Å². The molecule has 0 bridgehead atoms. The summed E-state index contributed by atoms with van der Waals surface area (Å²) in [5.74, 6) is -0.976. The van der Waals surface area contributed by atoms with Crippen molar-refractivity contribution in [3.8, 4) is 11.1 Å². The lowest BCUT2D eigenvalue weighted by atomic mass is 10.0. The van der Waals surface area contributed by atoms with E-state index < -0.39 is 5.97 Å². The summed E-state index contributed by atoms with van der Waals surface area (Å²) in [6.45, 7) is 1.95. The normalized spacial score (nSPS) is 10.9. The SMILES string of the molecule is Cc1cccc2c(-c3cccc(Cl)c3)c(C(=O)O)[nH]c12. The van der Waals surface area contributed by atoms with Gasteiger partial charge in [-0.05, 0) is 30.2 Å². The highest BCUT2D eigenvalue weighted by Crippen LogP contribution is 2.34. The van der Waals surface area contributed by atoms with Gasteiger partial charge in [0.25, 0.3) is 0 Å². The third kappa shape index (κ3) is 1.96. The first-order valence-corrected chi connectivity index (χ1v) is 6.56. The first kappa shape index (κ1) is 12.8. The number of hydrogen-bond donors (Lipinski definition) is 2. The number of aromatic carboxylic acids is 1. The summed E-state index contributed by atoms with van der Waals surface area (Å²) in [6.07, 6.45) is 0. The molecule has 0 spiro atoms. The van der Waals surface area contributed by atoms with E-state index in [0.29, 0.717) is 10.6 Å². The Balaban J connectivity index is 2.41. The van der Waals surface area contributed by atoms with Crippen molar-refractivity contribution in [2.45, 2.75) is 6.92 Å². The predicted molar refractivity (Wildman–Crippen MR) is 80.4 cm³/mol. The van der Waals surface area contributed by atoms with Crippen molar-refractivity contribution in [2.75, 3.05) is 0 Å². The number of rotatable bonds is 2. The Morgan fingerprint density at radius 2 is 1.95 bits per heavy atom. The first-order valence-electron chi connectivity index (χ1n) is 6.18. The van der Waals surface area contributed by atoms with Crippen molar-refractivity contribution in [3.05, 3.63) is 58.7 Å². The predicted octanol–water partition coefficient (Wildman–Crippen LogP) is 4.49. The fourth-order valence-electron chi connectivity index (χ4n) is 2.47. The Morgan fingerprint density at radius 3 is 2.65 bits per heavy atom. The van der Waals surface area contributed by atoms with E-state index in [0.717, 1.165) is 22.0 Å². The van der Waals surface area contributed by atoms with E-state index in [-0.39, 0.29) is 5.69 Å². The number of nitrogens with one attached hydrogen (secondary N) is 1. The molecular weight excluding hydrogens is 274 g/mol. The molecule has 0 atom stereocenters. The van der Waals surface area contributed by atoms with Gasteiger partial charge in [-0.3, -0.25) is 0 Å². The van der Waals surface area contributed by atoms with Crippen LogP contribution in [-0.2, 0) is 0 Å². The molecule has 4 heteroatoms. The lowest BCUT2D eigenvalue weighted by molar-refractivity contribution is 0.0692. The average molecular weight is 286 g/mol. The highest BCUT2D eigenvalue weighted by Gasteiger charge is 2.19. The molecule has 0 radical (unpaired) electrons. The summed E-state index contributed by atoms with van der Waals surface area (Å²) in [5, 5.41) is 10.9. The largest absolute Gasteiger partial charge is 0.477 e. The van der Waals surface area contributed by atoms with Crippen LogP contribution in [0, 0.1) is 6.92 Å². The Hall–Kier alpha value is -2.26. The van der Waals surface area contributed by atoms with Crippen LogP contribution in [-0.4, -0.2) is 16.1 Å². The van der Waals surface area contributed by atoms with E-state index in [1.165, 1.54) is 0 Å². The molecule has 3 aromatic rings. The third-order valence-electron chi connectivity index (χ3n) is 3.37. The van der Waals surface area contributed by atoms with Gasteiger partial charge in [-0.1, -0.05) is 41.9 Å². The summed E-state index contributed by atoms with van der Waals surface area (Å²) in [5.41, 5.74) is 3.53. The average Bonchev–Trinajstić information content (AvgIpc) is 2.80. The van der Waals surface area contributed by atoms with Gasteiger partial charge in [0.1, 0.15) is 5.69 Å². The van der Waals surface area contributed by atoms with Crippen molar-refractivity contribution in [2.24, 2.45) is 0 Å². The van der Waals surface area contributed by atoms with Crippen LogP contribution in [0.15, 0.2) is 42.5 Å². The Labute approximate surface area is 120 Å². The monoisotopic (exact) mass is 285 g/mol. The van der Waals surface area contributed by atoms with Gasteiger partial charge in [-0.15, -0.1) is 0 Å². The molecule has 0 aliphatic heterocycles. The van der Waals surface area contributed by atoms with Crippen LogP contribution in [0.4, 0.5) is 0 Å². The number of hydrogen-bond acceptors (Lipinski definition) is 1. The smallest absolute Gasteiger partial charge is 0.352 e. The first-order chi connectivity index (χ1) is 9.58.